The van der Waals surface area contributed by atoms with Gasteiger partial charge in [-0.2, -0.15) is 0 Å². The Hall–Kier alpha value is -1.97. The van der Waals surface area contributed by atoms with Gasteiger partial charge >= 0.3 is 0 Å². The fourth-order valence-corrected chi connectivity index (χ4v) is 1.70. The summed E-state index contributed by atoms with van der Waals surface area (Å²) in [6.45, 7) is 1.30. The molecule has 0 aliphatic heterocycles. The van der Waals surface area contributed by atoms with Crippen LogP contribution in [0.25, 0.3) is 0 Å². The molecule has 2 rings (SSSR count). The van der Waals surface area contributed by atoms with Crippen molar-refractivity contribution in [2.75, 3.05) is 6.61 Å². The number of hydrogen-bond acceptors (Lipinski definition) is 2. The fraction of sp³-hybridized carbons (Fsp3) is 0.214. The predicted molar refractivity (Wildman–Crippen MR) is 75.4 cm³/mol. The zero-order chi connectivity index (χ0) is 12.8. The predicted octanol–water partition coefficient (Wildman–Crippen LogP) is 0.576. The number of rotatable bonds is 5. The van der Waals surface area contributed by atoms with Gasteiger partial charge in [-0.3, -0.25) is 4.79 Å². The number of benzene rings is 1. The molecule has 0 saturated carbocycles. The Bertz CT molecular complexity index is 548. The second-order valence-electron chi connectivity index (χ2n) is 4.25. The largest absolute Gasteiger partial charge is 0.494 e. The average molecular weight is 241 g/mol. The second-order valence-corrected chi connectivity index (χ2v) is 4.25. The highest BCUT2D eigenvalue weighted by atomic mass is 16.5. The Labute approximate surface area is 107 Å². The average Bonchev–Trinajstić information content (AvgIpc) is 2.39. The minimum atomic E-state index is 0.0350. The number of nitrogens with zero attached hydrogens (tertiary/aromatic N) is 1. The number of aryl methyl sites for hydroxylation is 1. The van der Waals surface area contributed by atoms with E-state index in [2.05, 4.69) is 0 Å². The Balaban J connectivity index is 1.78. The maximum absolute atomic E-state index is 11.4. The third-order valence-electron chi connectivity index (χ3n) is 2.73. The Morgan fingerprint density at radius 1 is 1.11 bits per heavy atom. The van der Waals surface area contributed by atoms with Crippen molar-refractivity contribution in [3.8, 4) is 5.75 Å². The van der Waals surface area contributed by atoms with Crippen LogP contribution < -0.4 is 15.8 Å². The minimum absolute atomic E-state index is 0.0350. The van der Waals surface area contributed by atoms with Gasteiger partial charge in [-0.15, -0.1) is 0 Å². The van der Waals surface area contributed by atoms with Crippen LogP contribution in [0.2, 0.25) is 0 Å². The molecule has 0 saturated heterocycles. The summed E-state index contributed by atoms with van der Waals surface area (Å²) in [5, 5.41) is 0. The molecule has 0 bridgehead atoms. The highest BCUT2D eigenvalue weighted by Gasteiger charge is 1.96. The molecule has 0 N–H and O–H groups in total. The smallest absolute Gasteiger partial charge is 0.250 e. The van der Waals surface area contributed by atoms with E-state index in [1.807, 2.05) is 38.2 Å². The molecule has 0 aliphatic rings. The van der Waals surface area contributed by atoms with Crippen LogP contribution in [0.15, 0.2) is 53.5 Å². The number of aromatic nitrogens is 1. The van der Waals surface area contributed by atoms with Gasteiger partial charge in [0.05, 0.1) is 6.61 Å². The van der Waals surface area contributed by atoms with Crippen molar-refractivity contribution in [3.63, 3.8) is 0 Å². The zero-order valence-corrected chi connectivity index (χ0v) is 10.5. The van der Waals surface area contributed by atoms with Crippen LogP contribution in [0.4, 0.5) is 0 Å². The van der Waals surface area contributed by atoms with E-state index < -0.39 is 0 Å². The molecule has 2 aromatic rings. The molecule has 0 atom stereocenters. The zero-order valence-electron chi connectivity index (χ0n) is 10.5. The van der Waals surface area contributed by atoms with E-state index in [4.69, 9.17) is 4.74 Å². The van der Waals surface area contributed by atoms with Crippen LogP contribution in [0.1, 0.15) is 6.42 Å². The van der Waals surface area contributed by atoms with E-state index >= 15 is 0 Å². The van der Waals surface area contributed by atoms with Gasteiger partial charge in [-0.25, -0.2) is 0 Å². The van der Waals surface area contributed by atoms with Gasteiger partial charge in [0.1, 0.15) is 13.6 Å². The van der Waals surface area contributed by atoms with E-state index in [0.717, 1.165) is 12.2 Å². The van der Waals surface area contributed by atoms with Gasteiger partial charge in [-0.1, -0.05) is 23.7 Å². The monoisotopic (exact) mass is 241 g/mol. The van der Waals surface area contributed by atoms with E-state index in [0.29, 0.717) is 13.2 Å². The van der Waals surface area contributed by atoms with Gasteiger partial charge < -0.3 is 9.30 Å². The van der Waals surface area contributed by atoms with Gasteiger partial charge in [0.2, 0.25) is 5.56 Å². The lowest BCUT2D eigenvalue weighted by Crippen LogP contribution is -2.18. The Morgan fingerprint density at radius 3 is 2.61 bits per heavy atom. The Kier molecular flexibility index (Phi) is 4.23. The second kappa shape index (κ2) is 6.10. The van der Waals surface area contributed by atoms with Crippen molar-refractivity contribution in [3.05, 3.63) is 59.0 Å². The van der Waals surface area contributed by atoms with Crippen LogP contribution in [0.3, 0.4) is 0 Å². The van der Waals surface area contributed by atoms with Crippen molar-refractivity contribution < 1.29 is 4.74 Å². The molecule has 0 unspecified atom stereocenters. The highest BCUT2D eigenvalue weighted by molar-refractivity contribution is 6.32. The summed E-state index contributed by atoms with van der Waals surface area (Å²) in [6, 6.07) is 13.2. The van der Waals surface area contributed by atoms with Crippen LogP contribution in [-0.4, -0.2) is 19.0 Å². The molecule has 18 heavy (non-hydrogen) atoms. The molecule has 1 heterocycles. The van der Waals surface area contributed by atoms with E-state index in [9.17, 15) is 4.79 Å². The van der Waals surface area contributed by atoms with Gasteiger partial charge in [0.25, 0.3) is 0 Å². The molecule has 0 radical (unpaired) electrons. The summed E-state index contributed by atoms with van der Waals surface area (Å²) in [4.78, 5) is 11.4. The van der Waals surface area contributed by atoms with Crippen LogP contribution in [0, 0.1) is 0 Å². The van der Waals surface area contributed by atoms with Crippen molar-refractivity contribution in [2.24, 2.45) is 0 Å². The van der Waals surface area contributed by atoms with Crippen molar-refractivity contribution >= 4 is 13.3 Å². The normalized spacial score (nSPS) is 10.2. The molecule has 4 heteroatoms. The molecule has 0 amide bonds. The lowest BCUT2D eigenvalue weighted by atomic mass is 9.97. The van der Waals surface area contributed by atoms with Gasteiger partial charge in [0.15, 0.2) is 0 Å². The lowest BCUT2D eigenvalue weighted by Gasteiger charge is -2.07. The van der Waals surface area contributed by atoms with Crippen molar-refractivity contribution in [1.82, 2.24) is 4.57 Å². The summed E-state index contributed by atoms with van der Waals surface area (Å²) < 4.78 is 7.30. The van der Waals surface area contributed by atoms with Crippen LogP contribution >= 0.6 is 0 Å². The molecule has 0 spiro atoms. The van der Waals surface area contributed by atoms with E-state index in [-0.39, 0.29) is 5.56 Å². The van der Waals surface area contributed by atoms with E-state index in [1.165, 1.54) is 5.46 Å². The summed E-state index contributed by atoms with van der Waals surface area (Å²) in [5.41, 5.74) is 1.26. The van der Waals surface area contributed by atoms with Crippen LogP contribution in [-0.2, 0) is 6.54 Å². The van der Waals surface area contributed by atoms with Crippen LogP contribution in [0.5, 0.6) is 5.75 Å². The summed E-state index contributed by atoms with van der Waals surface area (Å²) in [7, 11) is 2.05. The number of pyridine rings is 1. The summed E-state index contributed by atoms with van der Waals surface area (Å²) in [6.07, 6.45) is 2.62. The quantitative estimate of drug-likeness (QED) is 0.566. The van der Waals surface area contributed by atoms with Crippen molar-refractivity contribution in [2.45, 2.75) is 13.0 Å². The number of hydrogen-bond donors (Lipinski definition) is 0. The molecule has 0 aliphatic carbocycles. The summed E-state index contributed by atoms with van der Waals surface area (Å²) in [5.74, 6) is 0.876. The van der Waals surface area contributed by atoms with Gasteiger partial charge in [-0.05, 0) is 24.6 Å². The molecule has 1 aromatic carbocycles. The highest BCUT2D eigenvalue weighted by Crippen LogP contribution is 2.07. The van der Waals surface area contributed by atoms with Crippen molar-refractivity contribution in [1.29, 1.82) is 0 Å². The topological polar surface area (TPSA) is 31.2 Å². The van der Waals surface area contributed by atoms with E-state index in [1.54, 1.807) is 22.9 Å². The SMILES string of the molecule is Bc1ccc(OCCCn2ccccc2=O)cc1. The maximum atomic E-state index is 11.4. The first-order valence-corrected chi connectivity index (χ1v) is 6.10. The molecule has 0 fully saturated rings. The third kappa shape index (κ3) is 3.52. The summed E-state index contributed by atoms with van der Waals surface area (Å²) >= 11 is 0. The molecular weight excluding hydrogens is 225 g/mol. The molecule has 1 aromatic heterocycles. The minimum Gasteiger partial charge on any atom is -0.494 e. The first kappa shape index (κ1) is 12.5. The maximum Gasteiger partial charge on any atom is 0.250 e. The molecule has 3 nitrogen and oxygen atoms in total. The fourth-order valence-electron chi connectivity index (χ4n) is 1.70. The third-order valence-corrected chi connectivity index (χ3v) is 2.73. The standard InChI is InChI=1S/C14H16BNO2/c15-12-5-7-13(8-6-12)18-11-3-10-16-9-2-1-4-14(16)17/h1-2,4-9H,3,10-11,15H2. The first-order valence-electron chi connectivity index (χ1n) is 6.10. The lowest BCUT2D eigenvalue weighted by molar-refractivity contribution is 0.301. The number of ether oxygens (including phenoxy) is 1. The van der Waals surface area contributed by atoms with Gasteiger partial charge in [0, 0.05) is 18.8 Å². The molecule has 92 valence electrons. The Morgan fingerprint density at radius 2 is 1.89 bits per heavy atom. The molecular formula is C14H16BNO2. The first-order chi connectivity index (χ1) is 8.75.